The molecule has 0 aliphatic heterocycles. The standard InChI is InChI=1S/C9H10FNO2/c1-5(11)7-3-2-6(9(12)13)4-8(7)10/h2-5H,11H2,1H3,(H,12,13). The number of nitrogens with two attached hydrogens (primary N) is 1. The summed E-state index contributed by atoms with van der Waals surface area (Å²) in [6.45, 7) is 1.64. The molecule has 0 saturated heterocycles. The molecule has 3 N–H and O–H groups in total. The van der Waals surface area contributed by atoms with Crippen LogP contribution in [0.15, 0.2) is 18.2 Å². The van der Waals surface area contributed by atoms with Crippen molar-refractivity contribution in [1.82, 2.24) is 0 Å². The van der Waals surface area contributed by atoms with Crippen LogP contribution in [-0.4, -0.2) is 11.1 Å². The van der Waals surface area contributed by atoms with Crippen LogP contribution in [0.3, 0.4) is 0 Å². The summed E-state index contributed by atoms with van der Waals surface area (Å²) >= 11 is 0. The average molecular weight is 183 g/mol. The van der Waals surface area contributed by atoms with E-state index >= 15 is 0 Å². The van der Waals surface area contributed by atoms with Crippen molar-refractivity contribution in [2.24, 2.45) is 5.73 Å². The van der Waals surface area contributed by atoms with Crippen LogP contribution in [-0.2, 0) is 0 Å². The Morgan fingerprint density at radius 1 is 1.62 bits per heavy atom. The number of hydrogen-bond donors (Lipinski definition) is 2. The van der Waals surface area contributed by atoms with E-state index in [1.54, 1.807) is 6.92 Å². The molecule has 70 valence electrons. The summed E-state index contributed by atoms with van der Waals surface area (Å²) in [6.07, 6.45) is 0. The predicted octanol–water partition coefficient (Wildman–Crippen LogP) is 1.54. The zero-order valence-corrected chi connectivity index (χ0v) is 7.12. The first kappa shape index (κ1) is 9.67. The fraction of sp³-hybridized carbons (Fsp3) is 0.222. The lowest BCUT2D eigenvalue weighted by Crippen LogP contribution is -2.08. The second-order valence-electron chi connectivity index (χ2n) is 2.83. The Balaban J connectivity index is 3.13. The zero-order valence-electron chi connectivity index (χ0n) is 7.12. The Bertz CT molecular complexity index is 336. The van der Waals surface area contributed by atoms with Gasteiger partial charge < -0.3 is 10.8 Å². The third kappa shape index (κ3) is 2.03. The van der Waals surface area contributed by atoms with E-state index in [1.165, 1.54) is 12.1 Å². The van der Waals surface area contributed by atoms with Crippen LogP contribution in [0.2, 0.25) is 0 Å². The van der Waals surface area contributed by atoms with Gasteiger partial charge in [0.05, 0.1) is 5.56 Å². The normalized spacial score (nSPS) is 12.5. The molecule has 0 aliphatic rings. The largest absolute Gasteiger partial charge is 0.478 e. The van der Waals surface area contributed by atoms with Crippen LogP contribution >= 0.6 is 0 Å². The topological polar surface area (TPSA) is 63.3 Å². The van der Waals surface area contributed by atoms with Crippen molar-refractivity contribution >= 4 is 5.97 Å². The second kappa shape index (κ2) is 3.53. The highest BCUT2D eigenvalue weighted by Crippen LogP contribution is 2.15. The maximum Gasteiger partial charge on any atom is 0.335 e. The van der Waals surface area contributed by atoms with Crippen LogP contribution in [0.1, 0.15) is 28.9 Å². The minimum atomic E-state index is -1.14. The molecule has 1 aromatic rings. The van der Waals surface area contributed by atoms with Gasteiger partial charge in [-0.25, -0.2) is 9.18 Å². The van der Waals surface area contributed by atoms with Crippen molar-refractivity contribution in [2.75, 3.05) is 0 Å². The number of hydrogen-bond acceptors (Lipinski definition) is 2. The fourth-order valence-electron chi connectivity index (χ4n) is 1.03. The summed E-state index contributed by atoms with van der Waals surface area (Å²) < 4.78 is 13.1. The molecule has 1 unspecified atom stereocenters. The average Bonchev–Trinajstić information content (AvgIpc) is 2.03. The van der Waals surface area contributed by atoms with Gasteiger partial charge in [0, 0.05) is 11.6 Å². The van der Waals surface area contributed by atoms with Crippen LogP contribution in [0, 0.1) is 5.82 Å². The van der Waals surface area contributed by atoms with Gasteiger partial charge in [0.25, 0.3) is 0 Å². The molecule has 0 spiro atoms. The lowest BCUT2D eigenvalue weighted by atomic mass is 10.1. The highest BCUT2D eigenvalue weighted by molar-refractivity contribution is 5.87. The van der Waals surface area contributed by atoms with Crippen molar-refractivity contribution in [3.05, 3.63) is 35.1 Å². The SMILES string of the molecule is CC(N)c1ccc(C(=O)O)cc1F. The lowest BCUT2D eigenvalue weighted by molar-refractivity contribution is 0.0696. The van der Waals surface area contributed by atoms with Crippen LogP contribution < -0.4 is 5.73 Å². The zero-order chi connectivity index (χ0) is 10.0. The molecule has 13 heavy (non-hydrogen) atoms. The third-order valence-corrected chi connectivity index (χ3v) is 1.74. The van der Waals surface area contributed by atoms with E-state index in [1.807, 2.05) is 0 Å². The number of carboxylic acid groups (broad SMARTS) is 1. The smallest absolute Gasteiger partial charge is 0.335 e. The van der Waals surface area contributed by atoms with Gasteiger partial charge in [-0.2, -0.15) is 0 Å². The van der Waals surface area contributed by atoms with Crippen molar-refractivity contribution in [3.63, 3.8) is 0 Å². The summed E-state index contributed by atoms with van der Waals surface area (Å²) in [4.78, 5) is 10.4. The predicted molar refractivity (Wildman–Crippen MR) is 46.0 cm³/mol. The first-order valence-electron chi connectivity index (χ1n) is 3.80. The van der Waals surface area contributed by atoms with Crippen molar-refractivity contribution < 1.29 is 14.3 Å². The molecule has 0 heterocycles. The number of aromatic carboxylic acids is 1. The molecule has 0 radical (unpaired) electrons. The number of rotatable bonds is 2. The quantitative estimate of drug-likeness (QED) is 0.731. The van der Waals surface area contributed by atoms with E-state index in [0.717, 1.165) is 6.07 Å². The van der Waals surface area contributed by atoms with E-state index in [-0.39, 0.29) is 5.56 Å². The molecule has 0 fully saturated rings. The van der Waals surface area contributed by atoms with Crippen LogP contribution in [0.4, 0.5) is 4.39 Å². The summed E-state index contributed by atoms with van der Waals surface area (Å²) in [7, 11) is 0. The van der Waals surface area contributed by atoms with E-state index in [0.29, 0.717) is 5.56 Å². The lowest BCUT2D eigenvalue weighted by Gasteiger charge is -2.06. The Morgan fingerprint density at radius 3 is 2.62 bits per heavy atom. The summed E-state index contributed by atoms with van der Waals surface area (Å²) in [5.41, 5.74) is 5.71. The Morgan fingerprint density at radius 2 is 2.23 bits per heavy atom. The first-order chi connectivity index (χ1) is 6.02. The monoisotopic (exact) mass is 183 g/mol. The van der Waals surface area contributed by atoms with Gasteiger partial charge in [0.2, 0.25) is 0 Å². The van der Waals surface area contributed by atoms with Gasteiger partial charge in [0.1, 0.15) is 5.82 Å². The second-order valence-corrected chi connectivity index (χ2v) is 2.83. The van der Waals surface area contributed by atoms with Crippen LogP contribution in [0.5, 0.6) is 0 Å². The number of carboxylic acids is 1. The highest BCUT2D eigenvalue weighted by atomic mass is 19.1. The fourth-order valence-corrected chi connectivity index (χ4v) is 1.03. The van der Waals surface area contributed by atoms with Gasteiger partial charge in [-0.1, -0.05) is 6.07 Å². The number of halogens is 1. The molecule has 0 aromatic heterocycles. The summed E-state index contributed by atoms with van der Waals surface area (Å²) in [5.74, 6) is -1.72. The molecule has 0 saturated carbocycles. The van der Waals surface area contributed by atoms with Gasteiger partial charge >= 0.3 is 5.97 Å². The molecule has 1 aromatic carbocycles. The maximum atomic E-state index is 13.1. The molecule has 1 rings (SSSR count). The maximum absolute atomic E-state index is 13.1. The molecular formula is C9H10FNO2. The molecule has 1 atom stereocenters. The highest BCUT2D eigenvalue weighted by Gasteiger charge is 2.10. The number of carbonyl (C=O) groups is 1. The van der Waals surface area contributed by atoms with Gasteiger partial charge in [-0.15, -0.1) is 0 Å². The Kier molecular flexibility index (Phi) is 2.63. The van der Waals surface area contributed by atoms with Gasteiger partial charge in [-0.3, -0.25) is 0 Å². The number of benzene rings is 1. The van der Waals surface area contributed by atoms with Crippen molar-refractivity contribution in [1.29, 1.82) is 0 Å². The molecule has 4 heteroatoms. The van der Waals surface area contributed by atoms with E-state index in [2.05, 4.69) is 0 Å². The molecule has 0 bridgehead atoms. The van der Waals surface area contributed by atoms with E-state index in [4.69, 9.17) is 10.8 Å². The molecule has 3 nitrogen and oxygen atoms in total. The van der Waals surface area contributed by atoms with Crippen LogP contribution in [0.25, 0.3) is 0 Å². The summed E-state index contributed by atoms with van der Waals surface area (Å²) in [5, 5.41) is 8.54. The molecular weight excluding hydrogens is 173 g/mol. The molecule has 0 amide bonds. The van der Waals surface area contributed by atoms with E-state index < -0.39 is 17.8 Å². The third-order valence-electron chi connectivity index (χ3n) is 1.74. The van der Waals surface area contributed by atoms with Gasteiger partial charge in [-0.05, 0) is 19.1 Å². The minimum absolute atomic E-state index is 0.0677. The van der Waals surface area contributed by atoms with Crippen molar-refractivity contribution in [2.45, 2.75) is 13.0 Å². The Hall–Kier alpha value is -1.42. The summed E-state index contributed by atoms with van der Waals surface area (Å²) in [6, 6.07) is 3.28. The van der Waals surface area contributed by atoms with E-state index in [9.17, 15) is 9.18 Å². The Labute approximate surface area is 75.0 Å². The van der Waals surface area contributed by atoms with Gasteiger partial charge in [0.15, 0.2) is 0 Å². The first-order valence-corrected chi connectivity index (χ1v) is 3.80. The van der Waals surface area contributed by atoms with Crippen molar-refractivity contribution in [3.8, 4) is 0 Å². The minimum Gasteiger partial charge on any atom is -0.478 e. The molecule has 0 aliphatic carbocycles.